The van der Waals surface area contributed by atoms with Gasteiger partial charge in [0.05, 0.1) is 18.5 Å². The van der Waals surface area contributed by atoms with E-state index in [1.54, 1.807) is 42.5 Å². The lowest BCUT2D eigenvalue weighted by atomic mass is 10.1. The van der Waals surface area contributed by atoms with Crippen LogP contribution in [0.3, 0.4) is 0 Å². The predicted molar refractivity (Wildman–Crippen MR) is 135 cm³/mol. The summed E-state index contributed by atoms with van der Waals surface area (Å²) in [4.78, 5) is 22.9. The molecule has 0 aliphatic carbocycles. The molecule has 3 rings (SSSR count). The Bertz CT molecular complexity index is 1310. The fourth-order valence-electron chi connectivity index (χ4n) is 2.73. The summed E-state index contributed by atoms with van der Waals surface area (Å²) in [7, 11) is 0. The molecule has 0 unspecified atom stereocenters. The van der Waals surface area contributed by atoms with Gasteiger partial charge in [0, 0.05) is 17.8 Å². The number of nitrogens with zero attached hydrogens (tertiary/aromatic N) is 2. The molecule has 3 aromatic rings. The lowest BCUT2D eigenvalue weighted by molar-refractivity contribution is -0.384. The number of amides is 1. The Morgan fingerprint density at radius 1 is 1.15 bits per heavy atom. The van der Waals surface area contributed by atoms with E-state index < -0.39 is 10.8 Å². The number of carbonyl (C=O) groups excluding carboxylic acids is 1. The molecule has 0 atom stereocenters. The van der Waals surface area contributed by atoms with E-state index in [-0.39, 0.29) is 22.9 Å². The Kier molecular flexibility index (Phi) is 8.27. The van der Waals surface area contributed by atoms with Crippen LogP contribution in [0.5, 0.6) is 5.75 Å². The molecule has 10 heteroatoms. The maximum Gasteiger partial charge on any atom is 0.269 e. The Morgan fingerprint density at radius 2 is 1.94 bits per heavy atom. The van der Waals surface area contributed by atoms with Gasteiger partial charge in [-0.15, -0.1) is 0 Å². The molecule has 0 aliphatic heterocycles. The number of nitriles is 1. The molecule has 0 bridgehead atoms. The molecule has 0 spiro atoms. The highest BCUT2D eigenvalue weighted by molar-refractivity contribution is 14.1. The van der Waals surface area contributed by atoms with Crippen LogP contribution in [-0.2, 0) is 11.4 Å². The Balaban J connectivity index is 1.71. The molecule has 0 saturated carbocycles. The highest BCUT2D eigenvalue weighted by atomic mass is 127. The molecule has 0 saturated heterocycles. The number of hydrogen-bond acceptors (Lipinski definition) is 5. The van der Waals surface area contributed by atoms with Crippen LogP contribution in [0.25, 0.3) is 6.08 Å². The van der Waals surface area contributed by atoms with Crippen LogP contribution in [0.1, 0.15) is 11.1 Å². The van der Waals surface area contributed by atoms with Crippen LogP contribution in [0, 0.1) is 25.0 Å². The van der Waals surface area contributed by atoms with Crippen molar-refractivity contribution in [2.45, 2.75) is 6.61 Å². The van der Waals surface area contributed by atoms with Crippen molar-refractivity contribution in [3.63, 3.8) is 0 Å². The summed E-state index contributed by atoms with van der Waals surface area (Å²) >= 11 is 13.9. The van der Waals surface area contributed by atoms with Gasteiger partial charge >= 0.3 is 0 Å². The molecular formula is C23H14Cl2IN3O4. The van der Waals surface area contributed by atoms with E-state index in [1.807, 2.05) is 6.07 Å². The summed E-state index contributed by atoms with van der Waals surface area (Å²) in [5, 5.41) is 23.6. The van der Waals surface area contributed by atoms with E-state index in [2.05, 4.69) is 27.9 Å². The van der Waals surface area contributed by atoms with Crippen LogP contribution in [0.2, 0.25) is 10.0 Å². The number of nitro groups is 1. The molecule has 0 fully saturated rings. The number of hydrogen-bond donors (Lipinski definition) is 1. The third-order valence-electron chi connectivity index (χ3n) is 4.33. The molecule has 166 valence electrons. The fourth-order valence-corrected chi connectivity index (χ4v) is 3.73. The summed E-state index contributed by atoms with van der Waals surface area (Å²) in [6, 6.07) is 17.9. The van der Waals surface area contributed by atoms with Gasteiger partial charge in [0.2, 0.25) is 0 Å². The summed E-state index contributed by atoms with van der Waals surface area (Å²) in [5.74, 6) is -0.0186. The van der Waals surface area contributed by atoms with Crippen molar-refractivity contribution >= 4 is 69.2 Å². The predicted octanol–water partition coefficient (Wildman–Crippen LogP) is 6.63. The second-order valence-electron chi connectivity index (χ2n) is 6.66. The molecule has 0 aromatic heterocycles. The number of benzene rings is 3. The molecule has 7 nitrogen and oxygen atoms in total. The molecule has 1 N–H and O–H groups in total. The van der Waals surface area contributed by atoms with Crippen molar-refractivity contribution in [1.82, 2.24) is 0 Å². The third kappa shape index (κ3) is 6.68. The Hall–Kier alpha value is -3.13. The van der Waals surface area contributed by atoms with Gasteiger partial charge in [-0.25, -0.2) is 0 Å². The summed E-state index contributed by atoms with van der Waals surface area (Å²) in [6.07, 6.45) is 1.46. The highest BCUT2D eigenvalue weighted by Crippen LogP contribution is 2.27. The maximum atomic E-state index is 12.5. The zero-order valence-electron chi connectivity index (χ0n) is 16.7. The lowest BCUT2D eigenvalue weighted by Gasteiger charge is -2.09. The first-order chi connectivity index (χ1) is 15.8. The fraction of sp³-hybridized carbons (Fsp3) is 0.0435. The van der Waals surface area contributed by atoms with E-state index in [0.29, 0.717) is 27.6 Å². The van der Waals surface area contributed by atoms with E-state index in [1.165, 1.54) is 24.3 Å². The van der Waals surface area contributed by atoms with Crippen molar-refractivity contribution in [1.29, 1.82) is 5.26 Å². The first kappa shape index (κ1) is 24.5. The number of nitro benzene ring substituents is 1. The van der Waals surface area contributed by atoms with Gasteiger partial charge in [0.1, 0.15) is 24.0 Å². The van der Waals surface area contributed by atoms with Crippen LogP contribution in [0.4, 0.5) is 11.4 Å². The van der Waals surface area contributed by atoms with E-state index in [4.69, 9.17) is 27.9 Å². The summed E-state index contributed by atoms with van der Waals surface area (Å²) in [5.41, 5.74) is 1.60. The minimum absolute atomic E-state index is 0.00513. The van der Waals surface area contributed by atoms with Gasteiger partial charge in [-0.1, -0.05) is 41.4 Å². The quantitative estimate of drug-likeness (QED) is 0.109. The average Bonchev–Trinajstić information content (AvgIpc) is 2.79. The average molecular weight is 594 g/mol. The molecule has 1 amide bonds. The summed E-state index contributed by atoms with van der Waals surface area (Å²) < 4.78 is 6.52. The van der Waals surface area contributed by atoms with Crippen molar-refractivity contribution in [2.75, 3.05) is 5.32 Å². The summed E-state index contributed by atoms with van der Waals surface area (Å²) in [6.45, 7) is 0.155. The molecule has 33 heavy (non-hydrogen) atoms. The minimum atomic E-state index is -0.586. The molecular weight excluding hydrogens is 580 g/mol. The maximum absolute atomic E-state index is 12.5. The van der Waals surface area contributed by atoms with Crippen LogP contribution >= 0.6 is 45.8 Å². The molecule has 0 aliphatic rings. The number of non-ortho nitro benzene ring substituents is 1. The first-order valence-corrected chi connectivity index (χ1v) is 11.1. The third-order valence-corrected chi connectivity index (χ3v) is 5.91. The largest absolute Gasteiger partial charge is 0.488 e. The number of ether oxygens (including phenoxy) is 1. The molecule has 3 aromatic carbocycles. The van der Waals surface area contributed by atoms with Gasteiger partial charge in [-0.2, -0.15) is 5.26 Å². The van der Waals surface area contributed by atoms with Gasteiger partial charge in [-0.05, 0) is 70.1 Å². The van der Waals surface area contributed by atoms with E-state index in [0.717, 1.165) is 3.57 Å². The van der Waals surface area contributed by atoms with Gasteiger partial charge in [0.25, 0.3) is 11.6 Å². The molecule has 0 radical (unpaired) electrons. The lowest BCUT2D eigenvalue weighted by Crippen LogP contribution is -2.13. The highest BCUT2D eigenvalue weighted by Gasteiger charge is 2.12. The Labute approximate surface area is 212 Å². The van der Waals surface area contributed by atoms with Crippen molar-refractivity contribution in [3.8, 4) is 11.8 Å². The molecule has 0 heterocycles. The number of carbonyl (C=O) groups is 1. The smallest absolute Gasteiger partial charge is 0.269 e. The topological polar surface area (TPSA) is 105 Å². The van der Waals surface area contributed by atoms with Crippen molar-refractivity contribution < 1.29 is 14.5 Å². The van der Waals surface area contributed by atoms with Gasteiger partial charge in [0.15, 0.2) is 0 Å². The van der Waals surface area contributed by atoms with E-state index in [9.17, 15) is 20.2 Å². The van der Waals surface area contributed by atoms with Crippen LogP contribution < -0.4 is 10.1 Å². The standard InChI is InChI=1S/C23H14Cl2IN3O4/c24-19-6-5-17(11-20(19)25)28-23(30)16(12-27)8-14-4-7-22(21(26)10-14)33-13-15-2-1-3-18(9-15)29(31)32/h1-11H,13H2,(H,28,30)/b16-8+. The SMILES string of the molecule is N#C/C(=C\c1ccc(OCc2cccc([N+](=O)[O-])c2)c(I)c1)C(=O)Nc1ccc(Cl)c(Cl)c1. The normalized spacial score (nSPS) is 10.9. The van der Waals surface area contributed by atoms with E-state index >= 15 is 0 Å². The monoisotopic (exact) mass is 593 g/mol. The van der Waals surface area contributed by atoms with Crippen molar-refractivity contribution in [3.05, 3.63) is 101 Å². The second-order valence-corrected chi connectivity index (χ2v) is 8.63. The minimum Gasteiger partial charge on any atom is -0.488 e. The zero-order chi connectivity index (χ0) is 24.0. The van der Waals surface area contributed by atoms with Gasteiger partial charge < -0.3 is 10.1 Å². The van der Waals surface area contributed by atoms with Crippen LogP contribution in [0.15, 0.2) is 66.2 Å². The van der Waals surface area contributed by atoms with Crippen molar-refractivity contribution in [2.24, 2.45) is 0 Å². The number of nitrogens with one attached hydrogen (secondary N) is 1. The van der Waals surface area contributed by atoms with Crippen LogP contribution in [-0.4, -0.2) is 10.8 Å². The number of halogens is 3. The number of rotatable bonds is 7. The first-order valence-electron chi connectivity index (χ1n) is 9.30. The second kappa shape index (κ2) is 11.1. The number of anilines is 1. The van der Waals surface area contributed by atoms with Gasteiger partial charge in [-0.3, -0.25) is 14.9 Å². The Morgan fingerprint density at radius 3 is 2.61 bits per heavy atom. The zero-order valence-corrected chi connectivity index (χ0v) is 20.4.